The molecule has 0 saturated carbocycles. The van der Waals surface area contributed by atoms with Crippen molar-refractivity contribution in [3.63, 3.8) is 0 Å². The number of carbonyl (C=O) groups excluding carboxylic acids is 1. The third-order valence-electron chi connectivity index (χ3n) is 4.41. The minimum absolute atomic E-state index is 0.0441. The lowest BCUT2D eigenvalue weighted by Crippen LogP contribution is -2.38. The zero-order valence-corrected chi connectivity index (χ0v) is 13.1. The molecule has 1 aliphatic heterocycles. The Hall–Kier alpha value is -2.61. The second kappa shape index (κ2) is 5.24. The van der Waals surface area contributed by atoms with E-state index in [1.54, 1.807) is 18.2 Å². The lowest BCUT2D eigenvalue weighted by molar-refractivity contribution is -0.119. The van der Waals surface area contributed by atoms with Crippen LogP contribution in [0.3, 0.4) is 0 Å². The van der Waals surface area contributed by atoms with E-state index in [-0.39, 0.29) is 22.8 Å². The molecule has 5 heteroatoms. The zero-order chi connectivity index (χ0) is 16.8. The van der Waals surface area contributed by atoms with Crippen molar-refractivity contribution in [3.8, 4) is 11.8 Å². The van der Waals surface area contributed by atoms with Gasteiger partial charge in [-0.25, -0.2) is 0 Å². The van der Waals surface area contributed by atoms with Gasteiger partial charge in [-0.05, 0) is 23.1 Å². The molecular weight excluding hydrogens is 292 g/mol. The first-order valence-corrected chi connectivity index (χ1v) is 7.53. The summed E-state index contributed by atoms with van der Waals surface area (Å²) in [6.07, 6.45) is 0.944. The second-order valence-electron chi connectivity index (χ2n) is 6.92. The standard InChI is InChI=1S/C18H18N2O3/c1-18(2)7-13(22)16-14(8-18)23-17(20)12(9-19)15(16)10-4-3-5-11(21)6-10/h3-6,12,15,20-21H,7-8H2,1-2H3. The number of phenols is 1. The van der Waals surface area contributed by atoms with E-state index in [4.69, 9.17) is 10.1 Å². The highest BCUT2D eigenvalue weighted by atomic mass is 16.5. The molecule has 0 saturated heterocycles. The molecule has 3 rings (SSSR count). The number of phenolic OH excluding ortho intramolecular Hbond substituents is 1. The van der Waals surface area contributed by atoms with E-state index in [2.05, 4.69) is 6.07 Å². The molecule has 118 valence electrons. The van der Waals surface area contributed by atoms with Gasteiger partial charge in [0.2, 0.25) is 5.90 Å². The van der Waals surface area contributed by atoms with Gasteiger partial charge in [-0.15, -0.1) is 0 Å². The minimum atomic E-state index is -0.860. The van der Waals surface area contributed by atoms with Crippen molar-refractivity contribution in [2.45, 2.75) is 32.6 Å². The first-order valence-electron chi connectivity index (χ1n) is 7.53. The number of ether oxygens (including phenoxy) is 1. The third kappa shape index (κ3) is 2.61. The Morgan fingerprint density at radius 2 is 2.13 bits per heavy atom. The molecule has 0 spiro atoms. The molecule has 0 radical (unpaired) electrons. The summed E-state index contributed by atoms with van der Waals surface area (Å²) in [5.74, 6) is -1.03. The van der Waals surface area contributed by atoms with E-state index in [0.717, 1.165) is 0 Å². The van der Waals surface area contributed by atoms with Gasteiger partial charge in [0.05, 0.1) is 6.07 Å². The van der Waals surface area contributed by atoms with Crippen LogP contribution in [0.2, 0.25) is 0 Å². The number of nitrogens with zero attached hydrogens (tertiary/aromatic N) is 1. The highest BCUT2D eigenvalue weighted by Crippen LogP contribution is 2.48. The predicted octanol–water partition coefficient (Wildman–Crippen LogP) is 3.27. The van der Waals surface area contributed by atoms with Crippen molar-refractivity contribution in [2.24, 2.45) is 11.3 Å². The summed E-state index contributed by atoms with van der Waals surface area (Å²) in [4.78, 5) is 12.7. The lowest BCUT2D eigenvalue weighted by Gasteiger charge is -2.39. The molecule has 1 aromatic carbocycles. The van der Waals surface area contributed by atoms with Crippen molar-refractivity contribution in [3.05, 3.63) is 41.2 Å². The molecular formula is C18H18N2O3. The Morgan fingerprint density at radius 1 is 1.39 bits per heavy atom. The van der Waals surface area contributed by atoms with Gasteiger partial charge in [0.15, 0.2) is 5.78 Å². The average Bonchev–Trinajstić information content (AvgIpc) is 2.44. The van der Waals surface area contributed by atoms with Gasteiger partial charge >= 0.3 is 0 Å². The molecule has 0 fully saturated rings. The van der Waals surface area contributed by atoms with Gasteiger partial charge in [0, 0.05) is 24.3 Å². The number of nitrogens with one attached hydrogen (secondary N) is 1. The van der Waals surface area contributed by atoms with E-state index in [9.17, 15) is 15.2 Å². The highest BCUT2D eigenvalue weighted by molar-refractivity contribution is 6.01. The van der Waals surface area contributed by atoms with E-state index >= 15 is 0 Å². The normalized spacial score (nSPS) is 26.3. The molecule has 0 bridgehead atoms. The molecule has 2 N–H and O–H groups in total. The van der Waals surface area contributed by atoms with Gasteiger partial charge in [-0.2, -0.15) is 5.26 Å². The van der Waals surface area contributed by atoms with Crippen LogP contribution in [-0.4, -0.2) is 16.8 Å². The Bertz CT molecular complexity index is 771. The second-order valence-corrected chi connectivity index (χ2v) is 6.92. The first kappa shape index (κ1) is 15.3. The molecule has 2 unspecified atom stereocenters. The average molecular weight is 310 g/mol. The summed E-state index contributed by atoms with van der Waals surface area (Å²) in [6, 6.07) is 8.61. The van der Waals surface area contributed by atoms with Crippen molar-refractivity contribution in [1.82, 2.24) is 0 Å². The topological polar surface area (TPSA) is 94.2 Å². The number of hydrogen-bond acceptors (Lipinski definition) is 5. The lowest BCUT2D eigenvalue weighted by atomic mass is 9.68. The number of nitriles is 1. The minimum Gasteiger partial charge on any atom is -0.508 e. The number of Topliss-reactive ketones (excluding diaryl/α,β-unsaturated/α-hetero) is 1. The van der Waals surface area contributed by atoms with E-state index in [1.165, 1.54) is 6.07 Å². The van der Waals surface area contributed by atoms with Crippen LogP contribution in [-0.2, 0) is 9.53 Å². The molecule has 1 aromatic rings. The summed E-state index contributed by atoms with van der Waals surface area (Å²) in [6.45, 7) is 3.97. The maximum absolute atomic E-state index is 12.7. The molecule has 2 atom stereocenters. The molecule has 2 aliphatic rings. The highest BCUT2D eigenvalue weighted by Gasteiger charge is 2.46. The van der Waals surface area contributed by atoms with Crippen molar-refractivity contribution in [1.29, 1.82) is 10.7 Å². The Labute approximate surface area is 134 Å². The fraction of sp³-hybridized carbons (Fsp3) is 0.389. The molecule has 0 aromatic heterocycles. The van der Waals surface area contributed by atoms with Crippen molar-refractivity contribution < 1.29 is 14.6 Å². The predicted molar refractivity (Wildman–Crippen MR) is 83.8 cm³/mol. The van der Waals surface area contributed by atoms with E-state index in [1.807, 2.05) is 13.8 Å². The number of ketones is 1. The number of allylic oxidation sites excluding steroid dienone is 2. The van der Waals surface area contributed by atoms with Crippen LogP contribution in [0.15, 0.2) is 35.6 Å². The van der Waals surface area contributed by atoms with Crippen molar-refractivity contribution >= 4 is 11.7 Å². The van der Waals surface area contributed by atoms with E-state index < -0.39 is 11.8 Å². The number of rotatable bonds is 1. The van der Waals surface area contributed by atoms with Gasteiger partial charge in [0.1, 0.15) is 17.4 Å². The summed E-state index contributed by atoms with van der Waals surface area (Å²) >= 11 is 0. The largest absolute Gasteiger partial charge is 0.508 e. The fourth-order valence-electron chi connectivity index (χ4n) is 3.44. The number of hydrogen-bond donors (Lipinski definition) is 2. The number of carbonyl (C=O) groups is 1. The van der Waals surface area contributed by atoms with Crippen LogP contribution in [0, 0.1) is 28.1 Å². The molecule has 5 nitrogen and oxygen atoms in total. The van der Waals surface area contributed by atoms with Gasteiger partial charge in [-0.1, -0.05) is 26.0 Å². The van der Waals surface area contributed by atoms with Crippen LogP contribution in [0.25, 0.3) is 0 Å². The van der Waals surface area contributed by atoms with Gasteiger partial charge < -0.3 is 9.84 Å². The summed E-state index contributed by atoms with van der Waals surface area (Å²) < 4.78 is 5.54. The molecule has 23 heavy (non-hydrogen) atoms. The van der Waals surface area contributed by atoms with Crippen LogP contribution < -0.4 is 0 Å². The monoisotopic (exact) mass is 310 g/mol. The van der Waals surface area contributed by atoms with Crippen molar-refractivity contribution in [2.75, 3.05) is 0 Å². The van der Waals surface area contributed by atoms with Gasteiger partial charge in [0.25, 0.3) is 0 Å². The maximum atomic E-state index is 12.7. The fourth-order valence-corrected chi connectivity index (χ4v) is 3.44. The Morgan fingerprint density at radius 3 is 2.78 bits per heavy atom. The smallest absolute Gasteiger partial charge is 0.205 e. The third-order valence-corrected chi connectivity index (χ3v) is 4.41. The Kier molecular flexibility index (Phi) is 3.48. The quantitative estimate of drug-likeness (QED) is 0.832. The van der Waals surface area contributed by atoms with Crippen LogP contribution >= 0.6 is 0 Å². The van der Waals surface area contributed by atoms with Crippen LogP contribution in [0.5, 0.6) is 5.75 Å². The Balaban J connectivity index is 2.18. The molecule has 1 heterocycles. The number of benzene rings is 1. The molecule has 1 aliphatic carbocycles. The van der Waals surface area contributed by atoms with Crippen LogP contribution in [0.1, 0.15) is 38.2 Å². The number of aromatic hydroxyl groups is 1. The summed E-state index contributed by atoms with van der Waals surface area (Å²) in [7, 11) is 0. The maximum Gasteiger partial charge on any atom is 0.205 e. The summed E-state index contributed by atoms with van der Waals surface area (Å²) in [5.41, 5.74) is 0.918. The molecule has 0 amide bonds. The van der Waals surface area contributed by atoms with Gasteiger partial charge in [-0.3, -0.25) is 10.2 Å². The summed E-state index contributed by atoms with van der Waals surface area (Å²) in [5, 5.41) is 27.3. The zero-order valence-electron chi connectivity index (χ0n) is 13.1. The SMILES string of the molecule is CC1(C)CC(=O)C2=C(C1)OC(=N)C(C#N)C2c1cccc(O)c1. The van der Waals surface area contributed by atoms with Crippen LogP contribution in [0.4, 0.5) is 0 Å². The first-order chi connectivity index (χ1) is 10.8. The van der Waals surface area contributed by atoms with E-state index in [0.29, 0.717) is 29.7 Å².